The highest BCUT2D eigenvalue weighted by molar-refractivity contribution is 5.25. The van der Waals surface area contributed by atoms with Gasteiger partial charge in [-0.1, -0.05) is 13.3 Å². The Bertz CT molecular complexity index is 193. The van der Waals surface area contributed by atoms with Crippen LogP contribution in [-0.2, 0) is 6.42 Å². The molecule has 0 saturated heterocycles. The largest absolute Gasteiger partial charge is 0.382 e. The predicted octanol–water partition coefficient (Wildman–Crippen LogP) is 1.01. The maximum Gasteiger partial charge on any atom is 0.146 e. The van der Waals surface area contributed by atoms with Gasteiger partial charge in [-0.15, -0.1) is 5.10 Å². The van der Waals surface area contributed by atoms with Gasteiger partial charge in [0.15, 0.2) is 0 Å². The summed E-state index contributed by atoms with van der Waals surface area (Å²) in [6, 6.07) is 3.68. The molecule has 3 heteroatoms. The summed E-state index contributed by atoms with van der Waals surface area (Å²) in [6.45, 7) is 2.11. The Morgan fingerprint density at radius 1 is 1.40 bits per heavy atom. The van der Waals surface area contributed by atoms with Gasteiger partial charge in [-0.25, -0.2) is 0 Å². The van der Waals surface area contributed by atoms with Gasteiger partial charge in [-0.2, -0.15) is 5.10 Å². The SMILES string of the molecule is CCCc1ccc(N)nn1. The van der Waals surface area contributed by atoms with Crippen LogP contribution in [0.3, 0.4) is 0 Å². The fourth-order valence-corrected chi connectivity index (χ4v) is 0.760. The summed E-state index contributed by atoms with van der Waals surface area (Å²) in [5, 5.41) is 7.62. The summed E-state index contributed by atoms with van der Waals surface area (Å²) in [6.07, 6.45) is 2.08. The molecule has 3 nitrogen and oxygen atoms in total. The van der Waals surface area contributed by atoms with Gasteiger partial charge in [0.2, 0.25) is 0 Å². The van der Waals surface area contributed by atoms with Crippen LogP contribution in [0.2, 0.25) is 0 Å². The van der Waals surface area contributed by atoms with Crippen molar-refractivity contribution in [1.29, 1.82) is 0 Å². The highest BCUT2D eigenvalue weighted by Crippen LogP contribution is 1.99. The molecule has 0 aliphatic rings. The standard InChI is InChI=1S/C7H11N3/c1-2-3-6-4-5-7(8)10-9-6/h4-5H,2-3H2,1H3,(H2,8,10). The van der Waals surface area contributed by atoms with Gasteiger partial charge in [-0.05, 0) is 18.6 Å². The zero-order valence-electron chi connectivity index (χ0n) is 6.04. The average Bonchev–Trinajstić information content (AvgIpc) is 1.95. The first-order valence-electron chi connectivity index (χ1n) is 3.41. The topological polar surface area (TPSA) is 51.8 Å². The minimum Gasteiger partial charge on any atom is -0.382 e. The Hall–Kier alpha value is -1.12. The van der Waals surface area contributed by atoms with Crippen molar-refractivity contribution >= 4 is 5.82 Å². The van der Waals surface area contributed by atoms with Crippen LogP contribution in [0.1, 0.15) is 19.0 Å². The van der Waals surface area contributed by atoms with E-state index in [4.69, 9.17) is 5.73 Å². The van der Waals surface area contributed by atoms with Crippen LogP contribution in [0.4, 0.5) is 5.82 Å². The number of nitrogens with zero attached hydrogens (tertiary/aromatic N) is 2. The van der Waals surface area contributed by atoms with Gasteiger partial charge >= 0.3 is 0 Å². The van der Waals surface area contributed by atoms with E-state index >= 15 is 0 Å². The van der Waals surface area contributed by atoms with Crippen LogP contribution in [-0.4, -0.2) is 10.2 Å². The van der Waals surface area contributed by atoms with Crippen molar-refractivity contribution in [3.8, 4) is 0 Å². The number of aromatic nitrogens is 2. The molecule has 1 heterocycles. The Kier molecular flexibility index (Phi) is 2.20. The van der Waals surface area contributed by atoms with Crippen LogP contribution < -0.4 is 5.73 Å². The highest BCUT2D eigenvalue weighted by Gasteiger charge is 1.91. The second-order valence-electron chi connectivity index (χ2n) is 2.20. The lowest BCUT2D eigenvalue weighted by Crippen LogP contribution is -1.96. The van der Waals surface area contributed by atoms with Gasteiger partial charge in [-0.3, -0.25) is 0 Å². The van der Waals surface area contributed by atoms with E-state index in [1.54, 1.807) is 6.07 Å². The number of nitrogens with two attached hydrogens (primary N) is 1. The zero-order chi connectivity index (χ0) is 7.40. The van der Waals surface area contributed by atoms with Crippen molar-refractivity contribution < 1.29 is 0 Å². The fourth-order valence-electron chi connectivity index (χ4n) is 0.760. The Morgan fingerprint density at radius 2 is 2.20 bits per heavy atom. The van der Waals surface area contributed by atoms with Crippen molar-refractivity contribution in [3.63, 3.8) is 0 Å². The van der Waals surface area contributed by atoms with Gasteiger partial charge in [0.05, 0.1) is 5.69 Å². The minimum atomic E-state index is 0.486. The maximum atomic E-state index is 5.35. The quantitative estimate of drug-likeness (QED) is 0.661. The molecule has 2 N–H and O–H groups in total. The number of aryl methyl sites for hydroxylation is 1. The van der Waals surface area contributed by atoms with Crippen molar-refractivity contribution in [1.82, 2.24) is 10.2 Å². The molecule has 0 spiro atoms. The molecule has 0 aliphatic heterocycles. The maximum absolute atomic E-state index is 5.35. The van der Waals surface area contributed by atoms with E-state index in [1.807, 2.05) is 6.07 Å². The molecule has 1 rings (SSSR count). The smallest absolute Gasteiger partial charge is 0.146 e. The van der Waals surface area contributed by atoms with Crippen molar-refractivity contribution in [2.75, 3.05) is 5.73 Å². The number of hydrogen-bond acceptors (Lipinski definition) is 3. The first kappa shape index (κ1) is 6.99. The molecular formula is C7H11N3. The van der Waals surface area contributed by atoms with Crippen LogP contribution in [0.15, 0.2) is 12.1 Å². The highest BCUT2D eigenvalue weighted by atomic mass is 15.1. The van der Waals surface area contributed by atoms with E-state index < -0.39 is 0 Å². The van der Waals surface area contributed by atoms with E-state index in [-0.39, 0.29) is 0 Å². The summed E-state index contributed by atoms with van der Waals surface area (Å²) < 4.78 is 0. The third-order valence-electron chi connectivity index (χ3n) is 1.25. The lowest BCUT2D eigenvalue weighted by molar-refractivity contribution is 0.842. The zero-order valence-corrected chi connectivity index (χ0v) is 6.04. The van der Waals surface area contributed by atoms with E-state index in [0.29, 0.717) is 5.82 Å². The minimum absolute atomic E-state index is 0.486. The summed E-state index contributed by atoms with van der Waals surface area (Å²) in [4.78, 5) is 0. The summed E-state index contributed by atoms with van der Waals surface area (Å²) in [7, 11) is 0. The lowest BCUT2D eigenvalue weighted by atomic mass is 10.2. The van der Waals surface area contributed by atoms with Crippen LogP contribution >= 0.6 is 0 Å². The van der Waals surface area contributed by atoms with Gasteiger partial charge < -0.3 is 5.73 Å². The summed E-state index contributed by atoms with van der Waals surface area (Å²) >= 11 is 0. The molecule has 0 aromatic carbocycles. The monoisotopic (exact) mass is 137 g/mol. The predicted molar refractivity (Wildman–Crippen MR) is 40.4 cm³/mol. The van der Waals surface area contributed by atoms with E-state index in [0.717, 1.165) is 18.5 Å². The van der Waals surface area contributed by atoms with E-state index in [1.165, 1.54) is 0 Å². The molecule has 0 amide bonds. The molecule has 10 heavy (non-hydrogen) atoms. The van der Waals surface area contributed by atoms with Gasteiger partial charge in [0.25, 0.3) is 0 Å². The average molecular weight is 137 g/mol. The Labute approximate surface area is 60.3 Å². The number of anilines is 1. The number of nitrogen functional groups attached to an aromatic ring is 1. The number of hydrogen-bond donors (Lipinski definition) is 1. The first-order chi connectivity index (χ1) is 4.83. The molecule has 0 bridgehead atoms. The molecular weight excluding hydrogens is 126 g/mol. The molecule has 0 unspecified atom stereocenters. The summed E-state index contributed by atoms with van der Waals surface area (Å²) in [5.74, 6) is 0.486. The number of rotatable bonds is 2. The third kappa shape index (κ3) is 1.69. The normalized spacial score (nSPS) is 9.70. The Balaban J connectivity index is 2.69. The molecule has 0 fully saturated rings. The van der Waals surface area contributed by atoms with Crippen molar-refractivity contribution in [2.45, 2.75) is 19.8 Å². The van der Waals surface area contributed by atoms with Crippen LogP contribution in [0, 0.1) is 0 Å². The second-order valence-corrected chi connectivity index (χ2v) is 2.20. The fraction of sp³-hybridized carbons (Fsp3) is 0.429. The molecule has 0 aliphatic carbocycles. The van der Waals surface area contributed by atoms with E-state index in [2.05, 4.69) is 17.1 Å². The first-order valence-corrected chi connectivity index (χ1v) is 3.41. The van der Waals surface area contributed by atoms with Crippen molar-refractivity contribution in [2.24, 2.45) is 0 Å². The van der Waals surface area contributed by atoms with E-state index in [9.17, 15) is 0 Å². The molecule has 0 saturated carbocycles. The van der Waals surface area contributed by atoms with Crippen LogP contribution in [0.25, 0.3) is 0 Å². The molecule has 1 aromatic heterocycles. The molecule has 54 valence electrons. The molecule has 0 radical (unpaired) electrons. The van der Waals surface area contributed by atoms with Crippen molar-refractivity contribution in [3.05, 3.63) is 17.8 Å². The Morgan fingerprint density at radius 3 is 2.70 bits per heavy atom. The third-order valence-corrected chi connectivity index (χ3v) is 1.25. The van der Waals surface area contributed by atoms with Crippen LogP contribution in [0.5, 0.6) is 0 Å². The summed E-state index contributed by atoms with van der Waals surface area (Å²) in [5.41, 5.74) is 6.36. The second kappa shape index (κ2) is 3.15. The van der Waals surface area contributed by atoms with Gasteiger partial charge in [0.1, 0.15) is 5.82 Å². The molecule has 1 aromatic rings. The lowest BCUT2D eigenvalue weighted by Gasteiger charge is -1.94. The molecule has 0 atom stereocenters. The van der Waals surface area contributed by atoms with Gasteiger partial charge in [0, 0.05) is 0 Å².